The first-order chi connectivity index (χ1) is 4.70. The van der Waals surface area contributed by atoms with E-state index in [2.05, 4.69) is 24.3 Å². The van der Waals surface area contributed by atoms with Gasteiger partial charge in [0.25, 0.3) is 0 Å². The van der Waals surface area contributed by atoms with Crippen LogP contribution in [-0.4, -0.2) is 17.2 Å². The van der Waals surface area contributed by atoms with Gasteiger partial charge in [0.15, 0.2) is 0 Å². The van der Waals surface area contributed by atoms with Crippen LogP contribution >= 0.6 is 0 Å². The van der Waals surface area contributed by atoms with Gasteiger partial charge in [-0.25, -0.2) is 0 Å². The Labute approximate surface area is 59.6 Å². The molecule has 0 spiro atoms. The van der Waals surface area contributed by atoms with Crippen LogP contribution in [0.15, 0.2) is 24.3 Å². The summed E-state index contributed by atoms with van der Waals surface area (Å²) >= 11 is 0. The van der Waals surface area contributed by atoms with Gasteiger partial charge in [0.05, 0.1) is 0 Å². The fourth-order valence-corrected chi connectivity index (χ4v) is 0.663. The minimum Gasteiger partial charge on any atom is -0.427 e. The van der Waals surface area contributed by atoms with Gasteiger partial charge >= 0.3 is 7.12 Å². The van der Waals surface area contributed by atoms with Gasteiger partial charge in [-0.2, -0.15) is 0 Å². The Hall–Kier alpha value is -0.795. The molecule has 2 aliphatic rings. The minimum absolute atomic E-state index is 1.17. The van der Waals surface area contributed by atoms with Crippen molar-refractivity contribution in [2.75, 3.05) is 0 Å². The van der Waals surface area contributed by atoms with Gasteiger partial charge in [0.2, 0.25) is 0 Å². The van der Waals surface area contributed by atoms with Crippen LogP contribution in [0.25, 0.3) is 0 Å². The fraction of sp³-hybridized carbons (Fsp3) is 0.143. The van der Waals surface area contributed by atoms with E-state index in [4.69, 9.17) is 10.0 Å². The molecule has 0 aromatic carbocycles. The van der Waals surface area contributed by atoms with Crippen molar-refractivity contribution in [2.24, 2.45) is 0 Å². The molecule has 0 aromatic rings. The van der Waals surface area contributed by atoms with E-state index in [1.54, 1.807) is 0 Å². The molecule has 0 saturated carbocycles. The van der Waals surface area contributed by atoms with Gasteiger partial charge in [-0.15, -0.1) is 0 Å². The van der Waals surface area contributed by atoms with E-state index in [9.17, 15) is 0 Å². The summed E-state index contributed by atoms with van der Waals surface area (Å²) < 4.78 is 0. The summed E-state index contributed by atoms with van der Waals surface area (Å²) in [4.78, 5) is 0. The quantitative estimate of drug-likeness (QED) is 0.513. The largest absolute Gasteiger partial charge is 0.448 e. The van der Waals surface area contributed by atoms with E-state index in [1.165, 1.54) is 17.3 Å². The molecule has 0 atom stereocenters. The molecule has 3 heteroatoms. The molecule has 0 saturated heterocycles. The second-order valence-electron chi connectivity index (χ2n) is 2.21. The van der Waals surface area contributed by atoms with Gasteiger partial charge < -0.3 is 10.0 Å². The van der Waals surface area contributed by atoms with Gasteiger partial charge in [-0.05, 0) is 17.3 Å². The van der Waals surface area contributed by atoms with Crippen LogP contribution in [0.1, 0.15) is 0 Å². The molecule has 0 amide bonds. The van der Waals surface area contributed by atoms with Crippen LogP contribution in [0.2, 0.25) is 6.82 Å². The molecule has 2 nitrogen and oxygen atoms in total. The molecule has 2 rings (SSSR count). The van der Waals surface area contributed by atoms with Crippen molar-refractivity contribution < 1.29 is 10.0 Å². The Morgan fingerprint density at radius 3 is 1.20 bits per heavy atom. The van der Waals surface area contributed by atoms with Gasteiger partial charge in [-0.3, -0.25) is 0 Å². The predicted molar refractivity (Wildman–Crippen MR) is 40.2 cm³/mol. The molecular weight excluding hydrogens is 127 g/mol. The van der Waals surface area contributed by atoms with E-state index >= 15 is 0 Å². The Morgan fingerprint density at radius 2 is 1.20 bits per heavy atom. The van der Waals surface area contributed by atoms with E-state index < -0.39 is 7.12 Å². The number of benzene rings is 1. The average Bonchev–Trinajstić information content (AvgIpc) is 1.77. The van der Waals surface area contributed by atoms with Crippen molar-refractivity contribution >= 4 is 7.12 Å². The zero-order valence-electron chi connectivity index (χ0n) is 5.78. The highest BCUT2D eigenvalue weighted by molar-refractivity contribution is 6.38. The zero-order chi connectivity index (χ0) is 7.56. The summed E-state index contributed by atoms with van der Waals surface area (Å²) in [5.41, 5.74) is 0. The summed E-state index contributed by atoms with van der Waals surface area (Å²) in [6.07, 6.45) is 0. The van der Waals surface area contributed by atoms with E-state index in [1.807, 2.05) is 0 Å². The normalized spacial score (nSPS) is 9.50. The standard InChI is InChI=1S/C6H4.CH5BO2/c1-2-6-4-3-5(1)6;1-2(3)4/h1-4H;3-4H,1H3. The topological polar surface area (TPSA) is 40.5 Å². The molecule has 0 aliphatic heterocycles. The van der Waals surface area contributed by atoms with E-state index in [-0.39, 0.29) is 0 Å². The van der Waals surface area contributed by atoms with Gasteiger partial charge in [0.1, 0.15) is 0 Å². The lowest BCUT2D eigenvalue weighted by molar-refractivity contribution is 0.417. The van der Waals surface area contributed by atoms with Crippen LogP contribution in [0.3, 0.4) is 0 Å². The first kappa shape index (κ1) is 7.31. The van der Waals surface area contributed by atoms with E-state index in [0.29, 0.717) is 0 Å². The molecule has 2 aliphatic carbocycles. The number of hydrogen-bond donors (Lipinski definition) is 2. The maximum absolute atomic E-state index is 7.61. The third-order valence-electron chi connectivity index (χ3n) is 1.22. The molecule has 0 heterocycles. The van der Waals surface area contributed by atoms with Crippen LogP contribution in [0.4, 0.5) is 0 Å². The van der Waals surface area contributed by atoms with Crippen molar-refractivity contribution in [3.8, 4) is 0 Å². The van der Waals surface area contributed by atoms with Crippen LogP contribution in [-0.2, 0) is 0 Å². The summed E-state index contributed by atoms with van der Waals surface area (Å²) in [6, 6.07) is 8.48. The summed E-state index contributed by atoms with van der Waals surface area (Å²) in [7, 11) is -1.17. The molecule has 0 unspecified atom stereocenters. The van der Waals surface area contributed by atoms with E-state index in [0.717, 1.165) is 0 Å². The average molecular weight is 136 g/mol. The van der Waals surface area contributed by atoms with Crippen LogP contribution in [0.5, 0.6) is 0 Å². The predicted octanol–water partition coefficient (Wildman–Crippen LogP) is 0.376. The SMILES string of the molecule is CB(O)O.c1cc2ccc1=2. The van der Waals surface area contributed by atoms with Crippen LogP contribution in [0, 0.1) is 10.4 Å². The highest BCUT2D eigenvalue weighted by Gasteiger charge is 1.88. The molecule has 0 fully saturated rings. The second kappa shape index (κ2) is 2.86. The minimum atomic E-state index is -1.17. The second-order valence-corrected chi connectivity index (χ2v) is 2.21. The Kier molecular flexibility index (Phi) is 2.09. The third-order valence-corrected chi connectivity index (χ3v) is 1.22. The highest BCUT2D eigenvalue weighted by Crippen LogP contribution is 2.04. The summed E-state index contributed by atoms with van der Waals surface area (Å²) in [5.74, 6) is 0. The first-order valence-corrected chi connectivity index (χ1v) is 3.17. The van der Waals surface area contributed by atoms with Crippen molar-refractivity contribution in [3.63, 3.8) is 0 Å². The molecule has 0 radical (unpaired) electrons. The molecular formula is C7H9BO2. The molecule has 0 bridgehead atoms. The lowest BCUT2D eigenvalue weighted by atomic mass is 9.99. The Morgan fingerprint density at radius 1 is 1.00 bits per heavy atom. The Balaban J connectivity index is 0.000000112. The maximum atomic E-state index is 7.61. The zero-order valence-corrected chi connectivity index (χ0v) is 5.78. The fourth-order valence-electron chi connectivity index (χ4n) is 0.663. The monoisotopic (exact) mass is 136 g/mol. The van der Waals surface area contributed by atoms with Crippen LogP contribution < -0.4 is 0 Å². The van der Waals surface area contributed by atoms with Gasteiger partial charge in [0, 0.05) is 0 Å². The highest BCUT2D eigenvalue weighted by atomic mass is 16.4. The van der Waals surface area contributed by atoms with Crippen molar-refractivity contribution in [3.05, 3.63) is 34.7 Å². The maximum Gasteiger partial charge on any atom is 0.448 e. The number of rotatable bonds is 0. The molecule has 0 aromatic heterocycles. The van der Waals surface area contributed by atoms with Crippen molar-refractivity contribution in [1.82, 2.24) is 0 Å². The summed E-state index contributed by atoms with van der Waals surface area (Å²) in [5, 5.41) is 18.1. The van der Waals surface area contributed by atoms with Crippen molar-refractivity contribution in [2.45, 2.75) is 6.82 Å². The Bertz CT molecular complexity index is 242. The molecule has 52 valence electrons. The number of hydrogen-bond acceptors (Lipinski definition) is 2. The lowest BCUT2D eigenvalue weighted by Gasteiger charge is -1.95. The molecule has 2 N–H and O–H groups in total. The third kappa shape index (κ3) is 1.59. The lowest BCUT2D eigenvalue weighted by Crippen LogP contribution is -2.00. The summed E-state index contributed by atoms with van der Waals surface area (Å²) in [6.45, 7) is 1.28. The smallest absolute Gasteiger partial charge is 0.427 e. The van der Waals surface area contributed by atoms with Gasteiger partial charge in [-0.1, -0.05) is 24.3 Å². The van der Waals surface area contributed by atoms with Crippen molar-refractivity contribution in [1.29, 1.82) is 0 Å². The first-order valence-electron chi connectivity index (χ1n) is 3.17. The molecule has 10 heavy (non-hydrogen) atoms.